The van der Waals surface area contributed by atoms with Crippen LogP contribution in [-0.4, -0.2) is 40.3 Å². The van der Waals surface area contributed by atoms with Crippen molar-refractivity contribution in [2.75, 3.05) is 13.7 Å². The molecule has 0 atom stereocenters. The predicted octanol–water partition coefficient (Wildman–Crippen LogP) is 1.29. The van der Waals surface area contributed by atoms with Gasteiger partial charge in [-0.1, -0.05) is 0 Å². The molecule has 0 amide bonds. The molecule has 0 N–H and O–H groups in total. The van der Waals surface area contributed by atoms with Crippen LogP contribution in [0.2, 0.25) is 0 Å². The summed E-state index contributed by atoms with van der Waals surface area (Å²) in [5.41, 5.74) is 1.12. The first-order valence-electron chi connectivity index (χ1n) is 5.89. The smallest absolute Gasteiger partial charge is 0.319 e. The second-order valence-corrected chi connectivity index (χ2v) is 4.28. The van der Waals surface area contributed by atoms with Gasteiger partial charge in [0.25, 0.3) is 0 Å². The molecule has 0 spiro atoms. The molecule has 1 rings (SSSR count). The lowest BCUT2D eigenvalue weighted by atomic mass is 10.2. The van der Waals surface area contributed by atoms with Crippen LogP contribution in [0.25, 0.3) is 0 Å². The Labute approximate surface area is 102 Å². The average molecular weight is 239 g/mol. The first-order valence-corrected chi connectivity index (χ1v) is 5.89. The van der Waals surface area contributed by atoms with E-state index in [4.69, 9.17) is 4.74 Å². The highest BCUT2D eigenvalue weighted by Crippen LogP contribution is 2.07. The monoisotopic (exact) mass is 239 g/mol. The molecule has 5 nitrogen and oxygen atoms in total. The van der Waals surface area contributed by atoms with E-state index in [2.05, 4.69) is 23.8 Å². The largest absolute Gasteiger partial charge is 0.468 e. The van der Waals surface area contributed by atoms with Crippen molar-refractivity contribution in [3.8, 4) is 0 Å². The van der Waals surface area contributed by atoms with Crippen LogP contribution in [0.4, 0.5) is 0 Å². The van der Waals surface area contributed by atoms with Gasteiger partial charge in [0, 0.05) is 30.9 Å². The van der Waals surface area contributed by atoms with Crippen molar-refractivity contribution in [2.24, 2.45) is 0 Å². The minimum absolute atomic E-state index is 0.207. The predicted molar refractivity (Wildman–Crippen MR) is 65.5 cm³/mol. The number of hydrogen-bond donors (Lipinski definition) is 0. The molecule has 0 saturated heterocycles. The zero-order valence-electron chi connectivity index (χ0n) is 11.0. The summed E-state index contributed by atoms with van der Waals surface area (Å²) in [6, 6.07) is 0.291. The van der Waals surface area contributed by atoms with E-state index in [1.54, 1.807) is 0 Å². The van der Waals surface area contributed by atoms with Gasteiger partial charge in [-0.3, -0.25) is 14.4 Å². The molecule has 0 aliphatic heterocycles. The van der Waals surface area contributed by atoms with Crippen molar-refractivity contribution in [2.45, 2.75) is 39.9 Å². The lowest BCUT2D eigenvalue weighted by Crippen LogP contribution is -2.35. The molecular formula is C12H21N3O2. The molecular weight excluding hydrogens is 218 g/mol. The fourth-order valence-corrected chi connectivity index (χ4v) is 1.55. The minimum Gasteiger partial charge on any atom is -0.468 e. The van der Waals surface area contributed by atoms with E-state index in [1.165, 1.54) is 7.11 Å². The molecule has 96 valence electrons. The Morgan fingerprint density at radius 1 is 1.59 bits per heavy atom. The Morgan fingerprint density at radius 3 is 2.76 bits per heavy atom. The SMILES string of the molecule is CCn1cc(CN(CC(=O)OC)C(C)C)cn1. The molecule has 0 unspecified atom stereocenters. The summed E-state index contributed by atoms with van der Waals surface area (Å²) in [6.45, 7) is 8.06. The van der Waals surface area contributed by atoms with Crippen LogP contribution in [-0.2, 0) is 22.6 Å². The maximum atomic E-state index is 11.3. The Balaban J connectivity index is 2.63. The third-order valence-corrected chi connectivity index (χ3v) is 2.69. The fourth-order valence-electron chi connectivity index (χ4n) is 1.55. The number of aromatic nitrogens is 2. The Hall–Kier alpha value is -1.36. The summed E-state index contributed by atoms with van der Waals surface area (Å²) in [7, 11) is 1.41. The zero-order chi connectivity index (χ0) is 12.8. The van der Waals surface area contributed by atoms with E-state index in [9.17, 15) is 4.79 Å². The van der Waals surface area contributed by atoms with Gasteiger partial charge in [0.2, 0.25) is 0 Å². The van der Waals surface area contributed by atoms with Crippen molar-refractivity contribution in [3.05, 3.63) is 18.0 Å². The van der Waals surface area contributed by atoms with Gasteiger partial charge in [0.05, 0.1) is 19.9 Å². The molecule has 1 aromatic heterocycles. The van der Waals surface area contributed by atoms with Gasteiger partial charge in [-0.15, -0.1) is 0 Å². The highest BCUT2D eigenvalue weighted by molar-refractivity contribution is 5.71. The van der Waals surface area contributed by atoms with E-state index in [1.807, 2.05) is 24.0 Å². The fraction of sp³-hybridized carbons (Fsp3) is 0.667. The number of aryl methyl sites for hydroxylation is 1. The highest BCUT2D eigenvalue weighted by atomic mass is 16.5. The molecule has 5 heteroatoms. The third-order valence-electron chi connectivity index (χ3n) is 2.69. The van der Waals surface area contributed by atoms with Crippen LogP contribution in [0.1, 0.15) is 26.3 Å². The van der Waals surface area contributed by atoms with Crippen molar-refractivity contribution in [1.29, 1.82) is 0 Å². The second-order valence-electron chi connectivity index (χ2n) is 4.28. The average Bonchev–Trinajstić information content (AvgIpc) is 2.75. The Bertz CT molecular complexity index is 360. The molecule has 1 aromatic rings. The van der Waals surface area contributed by atoms with Crippen molar-refractivity contribution in [1.82, 2.24) is 14.7 Å². The summed E-state index contributed by atoms with van der Waals surface area (Å²) in [5, 5.41) is 4.22. The lowest BCUT2D eigenvalue weighted by molar-refractivity contribution is -0.142. The summed E-state index contributed by atoms with van der Waals surface area (Å²) >= 11 is 0. The normalized spacial score (nSPS) is 11.2. The number of carbonyl (C=O) groups excluding carboxylic acids is 1. The molecule has 0 aromatic carbocycles. The first kappa shape index (κ1) is 13.7. The van der Waals surface area contributed by atoms with E-state index in [-0.39, 0.29) is 5.97 Å². The number of hydrogen-bond acceptors (Lipinski definition) is 4. The molecule has 1 heterocycles. The number of rotatable bonds is 6. The van der Waals surface area contributed by atoms with Crippen LogP contribution >= 0.6 is 0 Å². The van der Waals surface area contributed by atoms with Crippen molar-refractivity contribution in [3.63, 3.8) is 0 Å². The van der Waals surface area contributed by atoms with Crippen LogP contribution in [0.3, 0.4) is 0 Å². The van der Waals surface area contributed by atoms with Gasteiger partial charge < -0.3 is 4.74 Å². The van der Waals surface area contributed by atoms with Gasteiger partial charge in [0.1, 0.15) is 0 Å². The van der Waals surface area contributed by atoms with Gasteiger partial charge >= 0.3 is 5.97 Å². The highest BCUT2D eigenvalue weighted by Gasteiger charge is 2.15. The number of methoxy groups -OCH3 is 1. The number of carbonyl (C=O) groups is 1. The van der Waals surface area contributed by atoms with Gasteiger partial charge in [-0.25, -0.2) is 0 Å². The molecule has 0 saturated carbocycles. The van der Waals surface area contributed by atoms with E-state index in [0.717, 1.165) is 12.1 Å². The van der Waals surface area contributed by atoms with Crippen LogP contribution in [0.15, 0.2) is 12.4 Å². The summed E-state index contributed by atoms with van der Waals surface area (Å²) in [6.07, 6.45) is 3.85. The Kier molecular flexibility index (Phi) is 5.15. The molecule has 17 heavy (non-hydrogen) atoms. The minimum atomic E-state index is -0.207. The quantitative estimate of drug-likeness (QED) is 0.702. The van der Waals surface area contributed by atoms with Gasteiger partial charge in [0.15, 0.2) is 0 Å². The summed E-state index contributed by atoms with van der Waals surface area (Å²) < 4.78 is 6.57. The summed E-state index contributed by atoms with van der Waals surface area (Å²) in [5.74, 6) is -0.207. The maximum absolute atomic E-state index is 11.3. The topological polar surface area (TPSA) is 47.4 Å². The first-order chi connectivity index (χ1) is 8.06. The molecule has 0 fully saturated rings. The molecule has 0 bridgehead atoms. The molecule has 0 aliphatic carbocycles. The van der Waals surface area contributed by atoms with E-state index in [0.29, 0.717) is 19.1 Å². The standard InChI is InChI=1S/C12H21N3O2/c1-5-15-8-11(6-13-15)7-14(10(2)3)9-12(16)17-4/h6,8,10H,5,7,9H2,1-4H3. The van der Waals surface area contributed by atoms with Crippen LogP contribution < -0.4 is 0 Å². The zero-order valence-corrected chi connectivity index (χ0v) is 11.0. The summed E-state index contributed by atoms with van der Waals surface area (Å²) in [4.78, 5) is 13.4. The Morgan fingerprint density at radius 2 is 2.29 bits per heavy atom. The molecule has 0 aliphatic rings. The maximum Gasteiger partial charge on any atom is 0.319 e. The number of ether oxygens (including phenoxy) is 1. The lowest BCUT2D eigenvalue weighted by Gasteiger charge is -2.24. The van der Waals surface area contributed by atoms with Crippen molar-refractivity contribution >= 4 is 5.97 Å². The third kappa shape index (κ3) is 4.19. The van der Waals surface area contributed by atoms with E-state index >= 15 is 0 Å². The number of esters is 1. The van der Waals surface area contributed by atoms with Crippen LogP contribution in [0, 0.1) is 0 Å². The van der Waals surface area contributed by atoms with Gasteiger partial charge in [-0.2, -0.15) is 5.10 Å². The second kappa shape index (κ2) is 6.39. The van der Waals surface area contributed by atoms with Gasteiger partial charge in [-0.05, 0) is 20.8 Å². The van der Waals surface area contributed by atoms with Crippen molar-refractivity contribution < 1.29 is 9.53 Å². The number of nitrogens with zero attached hydrogens (tertiary/aromatic N) is 3. The van der Waals surface area contributed by atoms with E-state index < -0.39 is 0 Å². The van der Waals surface area contributed by atoms with Crippen LogP contribution in [0.5, 0.6) is 0 Å². The molecule has 0 radical (unpaired) electrons.